The van der Waals surface area contributed by atoms with Crippen LogP contribution >= 0.6 is 0 Å². The third-order valence-electron chi connectivity index (χ3n) is 3.00. The topological polar surface area (TPSA) is 84.4 Å². The second-order valence-corrected chi connectivity index (χ2v) is 4.93. The van der Waals surface area contributed by atoms with Crippen LogP contribution in [-0.4, -0.2) is 26.3 Å². The summed E-state index contributed by atoms with van der Waals surface area (Å²) in [5.41, 5.74) is 2.28. The molecule has 0 amide bonds. The molecule has 0 radical (unpaired) electrons. The maximum absolute atomic E-state index is 12.9. The molecular formula is C16H13FN4O2. The van der Waals surface area contributed by atoms with Gasteiger partial charge in [-0.25, -0.2) is 24.3 Å². The Kier molecular flexibility index (Phi) is 3.84. The van der Waals surface area contributed by atoms with Crippen molar-refractivity contribution in [2.45, 2.75) is 13.8 Å². The van der Waals surface area contributed by atoms with Crippen molar-refractivity contribution in [2.75, 3.05) is 0 Å². The number of hydrogen-bond donors (Lipinski definition) is 1. The number of rotatable bonds is 3. The lowest BCUT2D eigenvalue weighted by molar-refractivity contribution is 0.337. The standard InChI is InChI=1S/C16H13FN4O2/c1-9-7-10(2)20-16(19-9)18-8-13-15(22)23-14(21-13)11-3-5-12(17)6-4-11/h3-8,22H,1-2H3/b18-8+. The number of aromatic nitrogens is 3. The van der Waals surface area contributed by atoms with Crippen molar-refractivity contribution in [1.82, 2.24) is 15.0 Å². The number of halogens is 1. The van der Waals surface area contributed by atoms with Crippen molar-refractivity contribution in [3.05, 3.63) is 53.2 Å². The first-order chi connectivity index (χ1) is 11.0. The van der Waals surface area contributed by atoms with Gasteiger partial charge in [-0.05, 0) is 44.2 Å². The highest BCUT2D eigenvalue weighted by molar-refractivity contribution is 5.82. The maximum atomic E-state index is 12.9. The van der Waals surface area contributed by atoms with Crippen LogP contribution in [0.15, 0.2) is 39.7 Å². The molecule has 0 aliphatic carbocycles. The summed E-state index contributed by atoms with van der Waals surface area (Å²) in [7, 11) is 0. The molecule has 2 aromatic heterocycles. The van der Waals surface area contributed by atoms with Crippen LogP contribution in [0.5, 0.6) is 5.95 Å². The number of benzene rings is 1. The molecule has 0 spiro atoms. The molecule has 23 heavy (non-hydrogen) atoms. The molecule has 0 fully saturated rings. The molecule has 1 N–H and O–H groups in total. The van der Waals surface area contributed by atoms with Gasteiger partial charge in [-0.2, -0.15) is 0 Å². The van der Waals surface area contributed by atoms with E-state index in [4.69, 9.17) is 4.42 Å². The fourth-order valence-electron chi connectivity index (χ4n) is 2.01. The van der Waals surface area contributed by atoms with E-state index in [0.717, 1.165) is 11.4 Å². The first-order valence-corrected chi connectivity index (χ1v) is 6.83. The zero-order chi connectivity index (χ0) is 16.4. The van der Waals surface area contributed by atoms with E-state index >= 15 is 0 Å². The molecule has 1 aromatic carbocycles. The average molecular weight is 312 g/mol. The van der Waals surface area contributed by atoms with Gasteiger partial charge in [0.25, 0.3) is 0 Å². The van der Waals surface area contributed by atoms with Crippen LogP contribution in [0, 0.1) is 19.7 Å². The van der Waals surface area contributed by atoms with Crippen LogP contribution < -0.4 is 0 Å². The summed E-state index contributed by atoms with van der Waals surface area (Å²) in [5.74, 6) is -0.297. The Labute approximate surface area is 131 Å². The van der Waals surface area contributed by atoms with Crippen molar-refractivity contribution >= 4 is 12.2 Å². The van der Waals surface area contributed by atoms with E-state index in [1.165, 1.54) is 30.5 Å². The minimum Gasteiger partial charge on any atom is -0.479 e. The second-order valence-electron chi connectivity index (χ2n) is 4.93. The summed E-state index contributed by atoms with van der Waals surface area (Å²) in [4.78, 5) is 16.5. The lowest BCUT2D eigenvalue weighted by atomic mass is 10.2. The molecule has 116 valence electrons. The first-order valence-electron chi connectivity index (χ1n) is 6.83. The van der Waals surface area contributed by atoms with Gasteiger partial charge < -0.3 is 9.52 Å². The van der Waals surface area contributed by atoms with Gasteiger partial charge in [-0.15, -0.1) is 0 Å². The summed E-state index contributed by atoms with van der Waals surface area (Å²) < 4.78 is 18.1. The highest BCUT2D eigenvalue weighted by Gasteiger charge is 2.12. The van der Waals surface area contributed by atoms with Crippen molar-refractivity contribution in [3.63, 3.8) is 0 Å². The molecule has 0 unspecified atom stereocenters. The van der Waals surface area contributed by atoms with Crippen molar-refractivity contribution < 1.29 is 13.9 Å². The summed E-state index contributed by atoms with van der Waals surface area (Å²) in [6.45, 7) is 3.68. The smallest absolute Gasteiger partial charge is 0.312 e. The molecule has 7 heteroatoms. The van der Waals surface area contributed by atoms with Crippen molar-refractivity contribution in [3.8, 4) is 17.4 Å². The van der Waals surface area contributed by atoms with E-state index < -0.39 is 0 Å². The van der Waals surface area contributed by atoms with E-state index in [1.54, 1.807) is 0 Å². The highest BCUT2D eigenvalue weighted by atomic mass is 19.1. The Morgan fingerprint density at radius 1 is 1.09 bits per heavy atom. The van der Waals surface area contributed by atoms with Gasteiger partial charge in [0, 0.05) is 17.0 Å². The van der Waals surface area contributed by atoms with Gasteiger partial charge in [-0.3, -0.25) is 0 Å². The Hall–Kier alpha value is -3.09. The van der Waals surface area contributed by atoms with Gasteiger partial charge in [0.2, 0.25) is 11.8 Å². The molecule has 3 rings (SSSR count). The molecule has 0 saturated carbocycles. The molecule has 0 atom stereocenters. The van der Waals surface area contributed by atoms with Crippen LogP contribution in [0.4, 0.5) is 10.3 Å². The van der Waals surface area contributed by atoms with Crippen LogP contribution in [0.1, 0.15) is 17.1 Å². The van der Waals surface area contributed by atoms with Gasteiger partial charge >= 0.3 is 5.95 Å². The molecule has 0 saturated heterocycles. The predicted octanol–water partition coefficient (Wildman–Crippen LogP) is 3.34. The summed E-state index contributed by atoms with van der Waals surface area (Å²) in [6.07, 6.45) is 1.32. The van der Waals surface area contributed by atoms with Crippen LogP contribution in [-0.2, 0) is 0 Å². The normalized spacial score (nSPS) is 11.3. The highest BCUT2D eigenvalue weighted by Crippen LogP contribution is 2.25. The Morgan fingerprint density at radius 3 is 2.39 bits per heavy atom. The maximum Gasteiger partial charge on any atom is 0.312 e. The van der Waals surface area contributed by atoms with E-state index in [2.05, 4.69) is 19.9 Å². The molecular weight excluding hydrogens is 299 g/mol. The van der Waals surface area contributed by atoms with Gasteiger partial charge in [0.1, 0.15) is 5.82 Å². The Balaban J connectivity index is 1.89. The SMILES string of the molecule is Cc1cc(C)nc(/N=C/c2nc(-c3ccc(F)cc3)oc2O)n1. The Morgan fingerprint density at radius 2 is 1.74 bits per heavy atom. The third kappa shape index (κ3) is 3.39. The Bertz CT molecular complexity index is 852. The quantitative estimate of drug-likeness (QED) is 0.750. The van der Waals surface area contributed by atoms with Crippen molar-refractivity contribution in [2.24, 2.45) is 4.99 Å². The molecule has 0 aliphatic heterocycles. The third-order valence-corrected chi connectivity index (χ3v) is 3.00. The molecule has 2 heterocycles. The lowest BCUT2D eigenvalue weighted by Crippen LogP contribution is -1.90. The number of aromatic hydroxyl groups is 1. The van der Waals surface area contributed by atoms with Gasteiger partial charge in [-0.1, -0.05) is 0 Å². The zero-order valence-corrected chi connectivity index (χ0v) is 12.5. The number of aryl methyl sites for hydroxylation is 2. The van der Waals surface area contributed by atoms with E-state index in [-0.39, 0.29) is 29.3 Å². The molecule has 6 nitrogen and oxygen atoms in total. The minimum absolute atomic E-state index is 0.145. The predicted molar refractivity (Wildman–Crippen MR) is 82.3 cm³/mol. The van der Waals surface area contributed by atoms with Gasteiger partial charge in [0.05, 0.1) is 6.21 Å². The zero-order valence-electron chi connectivity index (χ0n) is 12.5. The summed E-state index contributed by atoms with van der Waals surface area (Å²) in [6, 6.07) is 7.42. The fraction of sp³-hybridized carbons (Fsp3) is 0.125. The van der Waals surface area contributed by atoms with Crippen LogP contribution in [0.25, 0.3) is 11.5 Å². The number of nitrogens with zero attached hydrogens (tertiary/aromatic N) is 4. The fourth-order valence-corrected chi connectivity index (χ4v) is 2.01. The summed E-state index contributed by atoms with van der Waals surface area (Å²) in [5, 5.41) is 9.80. The van der Waals surface area contributed by atoms with E-state index in [1.807, 2.05) is 19.9 Å². The minimum atomic E-state index is -0.377. The number of oxazole rings is 1. The van der Waals surface area contributed by atoms with E-state index in [9.17, 15) is 9.50 Å². The largest absolute Gasteiger partial charge is 0.479 e. The van der Waals surface area contributed by atoms with Crippen LogP contribution in [0.2, 0.25) is 0 Å². The average Bonchev–Trinajstić information content (AvgIpc) is 2.86. The summed E-state index contributed by atoms with van der Waals surface area (Å²) >= 11 is 0. The van der Waals surface area contributed by atoms with Crippen LogP contribution in [0.3, 0.4) is 0 Å². The van der Waals surface area contributed by atoms with Crippen molar-refractivity contribution in [1.29, 1.82) is 0 Å². The molecule has 3 aromatic rings. The number of hydrogen-bond acceptors (Lipinski definition) is 6. The first kappa shape index (κ1) is 14.8. The lowest BCUT2D eigenvalue weighted by Gasteiger charge is -1.96. The number of aliphatic imine (C=N–C) groups is 1. The van der Waals surface area contributed by atoms with E-state index in [0.29, 0.717) is 5.56 Å². The second kappa shape index (κ2) is 5.96. The molecule has 0 bridgehead atoms. The molecule has 0 aliphatic rings. The van der Waals surface area contributed by atoms with Gasteiger partial charge in [0.15, 0.2) is 5.69 Å². The monoisotopic (exact) mass is 312 g/mol.